The van der Waals surface area contributed by atoms with Crippen LogP contribution in [0.4, 0.5) is 0 Å². The number of ether oxygens (including phenoxy) is 1. The van der Waals surface area contributed by atoms with Gasteiger partial charge in [-0.1, -0.05) is 23.4 Å². The van der Waals surface area contributed by atoms with E-state index in [-0.39, 0.29) is 17.1 Å². The van der Waals surface area contributed by atoms with Gasteiger partial charge >= 0.3 is 5.97 Å². The van der Waals surface area contributed by atoms with E-state index in [1.54, 1.807) is 0 Å². The number of rotatable bonds is 2. The van der Waals surface area contributed by atoms with E-state index >= 15 is 0 Å². The smallest absolute Gasteiger partial charge is 0.339 e. The first-order valence-corrected chi connectivity index (χ1v) is 4.93. The second-order valence-electron chi connectivity index (χ2n) is 3.00. The third-order valence-corrected chi connectivity index (χ3v) is 2.05. The second-order valence-corrected chi connectivity index (χ2v) is 3.36. The van der Waals surface area contributed by atoms with Gasteiger partial charge < -0.3 is 10.5 Å². The number of methoxy groups -OCH3 is 1. The van der Waals surface area contributed by atoms with Crippen molar-refractivity contribution in [1.29, 1.82) is 0 Å². The first kappa shape index (κ1) is 13.0. The Labute approximate surface area is 103 Å². The van der Waals surface area contributed by atoms with E-state index in [1.807, 2.05) is 0 Å². The molecule has 0 aliphatic rings. The third-order valence-electron chi connectivity index (χ3n) is 1.75. The van der Waals surface area contributed by atoms with Gasteiger partial charge in [-0.2, -0.15) is 0 Å². The van der Waals surface area contributed by atoms with Gasteiger partial charge in [-0.05, 0) is 6.07 Å². The minimum atomic E-state index is -0.536. The molecule has 2 N–H and O–H groups in total. The molecule has 0 atom stereocenters. The number of amides is 1. The van der Waals surface area contributed by atoms with Crippen LogP contribution in [0.1, 0.15) is 22.3 Å². The molecule has 0 saturated heterocycles. The minimum Gasteiger partial charge on any atom is -0.465 e. The van der Waals surface area contributed by atoms with Crippen molar-refractivity contribution in [1.82, 2.24) is 4.98 Å². The van der Waals surface area contributed by atoms with Crippen molar-refractivity contribution in [3.63, 3.8) is 0 Å². The summed E-state index contributed by atoms with van der Waals surface area (Å²) in [6, 6.07) is 1.44. The van der Waals surface area contributed by atoms with E-state index < -0.39 is 11.9 Å². The van der Waals surface area contributed by atoms with Gasteiger partial charge in [0.2, 0.25) is 5.91 Å². The molecule has 1 aromatic heterocycles. The van der Waals surface area contributed by atoms with E-state index in [9.17, 15) is 9.59 Å². The Hall–Kier alpha value is -2.06. The molecule has 0 spiro atoms. The molecule has 6 heteroatoms. The highest BCUT2D eigenvalue weighted by molar-refractivity contribution is 6.30. The average Bonchev–Trinajstić information content (AvgIpc) is 2.30. The maximum atomic E-state index is 11.2. The van der Waals surface area contributed by atoms with Gasteiger partial charge in [-0.3, -0.25) is 4.79 Å². The zero-order valence-corrected chi connectivity index (χ0v) is 9.75. The van der Waals surface area contributed by atoms with Crippen molar-refractivity contribution in [3.8, 4) is 11.8 Å². The standard InChI is InChI=1S/C11H9ClN2O3/c1-17-11(16)8-5-7(10(12)14-6-8)3-2-4-9(13)15/h5-6H,4H2,1H3,(H2,13,15). The predicted octanol–water partition coefficient (Wildman–Crippen LogP) is 0.749. The van der Waals surface area contributed by atoms with Crippen LogP contribution in [0.2, 0.25) is 5.15 Å². The molecule has 88 valence electrons. The van der Waals surface area contributed by atoms with Crippen LogP contribution in [-0.4, -0.2) is 24.0 Å². The molecular formula is C11H9ClN2O3. The monoisotopic (exact) mass is 252 g/mol. The number of hydrogen-bond acceptors (Lipinski definition) is 4. The Morgan fingerprint density at radius 2 is 2.29 bits per heavy atom. The predicted molar refractivity (Wildman–Crippen MR) is 61.3 cm³/mol. The van der Waals surface area contributed by atoms with E-state index in [2.05, 4.69) is 21.6 Å². The summed E-state index contributed by atoms with van der Waals surface area (Å²) in [4.78, 5) is 25.5. The summed E-state index contributed by atoms with van der Waals surface area (Å²) in [6.45, 7) is 0. The fraction of sp³-hybridized carbons (Fsp3) is 0.182. The van der Waals surface area contributed by atoms with E-state index in [4.69, 9.17) is 17.3 Å². The molecule has 0 aliphatic heterocycles. The van der Waals surface area contributed by atoms with Crippen molar-refractivity contribution < 1.29 is 14.3 Å². The van der Waals surface area contributed by atoms with Gasteiger partial charge in [0.1, 0.15) is 5.15 Å². The quantitative estimate of drug-likeness (QED) is 0.478. The van der Waals surface area contributed by atoms with Gasteiger partial charge in [0.25, 0.3) is 0 Å². The molecule has 1 amide bonds. The molecule has 1 heterocycles. The normalized spacial score (nSPS) is 9.06. The van der Waals surface area contributed by atoms with Crippen molar-refractivity contribution in [3.05, 3.63) is 28.5 Å². The number of carbonyl (C=O) groups is 2. The van der Waals surface area contributed by atoms with Crippen LogP contribution in [-0.2, 0) is 9.53 Å². The van der Waals surface area contributed by atoms with Gasteiger partial charge in [0.05, 0.1) is 24.7 Å². The lowest BCUT2D eigenvalue weighted by molar-refractivity contribution is -0.117. The SMILES string of the molecule is COC(=O)c1cnc(Cl)c(C#CCC(N)=O)c1. The zero-order chi connectivity index (χ0) is 12.8. The second kappa shape index (κ2) is 5.87. The average molecular weight is 253 g/mol. The summed E-state index contributed by atoms with van der Waals surface area (Å²) < 4.78 is 4.53. The summed E-state index contributed by atoms with van der Waals surface area (Å²) in [5, 5.41) is 0.148. The Kier molecular flexibility index (Phi) is 4.49. The summed E-state index contributed by atoms with van der Waals surface area (Å²) in [7, 11) is 1.26. The molecule has 0 bridgehead atoms. The fourth-order valence-electron chi connectivity index (χ4n) is 0.992. The molecular weight excluding hydrogens is 244 g/mol. The van der Waals surface area contributed by atoms with Crippen LogP contribution in [0, 0.1) is 11.8 Å². The van der Waals surface area contributed by atoms with Crippen LogP contribution >= 0.6 is 11.6 Å². The highest BCUT2D eigenvalue weighted by Gasteiger charge is 2.08. The number of esters is 1. The molecule has 17 heavy (non-hydrogen) atoms. The van der Waals surface area contributed by atoms with Crippen LogP contribution in [0.5, 0.6) is 0 Å². The van der Waals surface area contributed by atoms with Crippen molar-refractivity contribution in [2.75, 3.05) is 7.11 Å². The number of halogens is 1. The molecule has 0 aromatic carbocycles. The van der Waals surface area contributed by atoms with E-state index in [0.29, 0.717) is 5.56 Å². The molecule has 0 saturated carbocycles. The number of primary amides is 1. The van der Waals surface area contributed by atoms with Gasteiger partial charge in [0.15, 0.2) is 0 Å². The molecule has 0 radical (unpaired) electrons. The Morgan fingerprint density at radius 3 is 2.88 bits per heavy atom. The number of carbonyl (C=O) groups excluding carboxylic acids is 2. The number of nitrogens with two attached hydrogens (primary N) is 1. The first-order valence-electron chi connectivity index (χ1n) is 4.55. The van der Waals surface area contributed by atoms with Crippen LogP contribution < -0.4 is 5.73 Å². The lowest BCUT2D eigenvalue weighted by Gasteiger charge is -2.00. The lowest BCUT2D eigenvalue weighted by atomic mass is 10.2. The van der Waals surface area contributed by atoms with Gasteiger partial charge in [-0.15, -0.1) is 0 Å². The molecule has 5 nitrogen and oxygen atoms in total. The Morgan fingerprint density at radius 1 is 1.59 bits per heavy atom. The highest BCUT2D eigenvalue weighted by Crippen LogP contribution is 2.13. The molecule has 0 fully saturated rings. The summed E-state index contributed by atoms with van der Waals surface area (Å²) in [5.74, 6) is 4.06. The van der Waals surface area contributed by atoms with Gasteiger partial charge in [-0.25, -0.2) is 9.78 Å². The van der Waals surface area contributed by atoms with Crippen LogP contribution in [0.25, 0.3) is 0 Å². The largest absolute Gasteiger partial charge is 0.465 e. The van der Waals surface area contributed by atoms with Crippen LogP contribution in [0.3, 0.4) is 0 Å². The van der Waals surface area contributed by atoms with Crippen LogP contribution in [0.15, 0.2) is 12.3 Å². The lowest BCUT2D eigenvalue weighted by Crippen LogP contribution is -2.08. The first-order chi connectivity index (χ1) is 8.04. The number of nitrogens with zero attached hydrogens (tertiary/aromatic N) is 1. The molecule has 0 aliphatic carbocycles. The van der Waals surface area contributed by atoms with Crippen molar-refractivity contribution in [2.45, 2.75) is 6.42 Å². The maximum absolute atomic E-state index is 11.2. The summed E-state index contributed by atoms with van der Waals surface area (Å²) >= 11 is 5.78. The van der Waals surface area contributed by atoms with E-state index in [0.717, 1.165) is 0 Å². The van der Waals surface area contributed by atoms with Crippen molar-refractivity contribution >= 4 is 23.5 Å². The number of hydrogen-bond donors (Lipinski definition) is 1. The third kappa shape index (κ3) is 3.78. The Balaban J connectivity index is 3.01. The zero-order valence-electron chi connectivity index (χ0n) is 8.99. The summed E-state index contributed by atoms with van der Waals surface area (Å²) in [6.07, 6.45) is 1.20. The highest BCUT2D eigenvalue weighted by atomic mass is 35.5. The van der Waals surface area contributed by atoms with Gasteiger partial charge in [0, 0.05) is 6.20 Å². The molecule has 1 aromatic rings. The number of pyridine rings is 1. The Bertz CT molecular complexity index is 517. The minimum absolute atomic E-state index is 0.0845. The maximum Gasteiger partial charge on any atom is 0.339 e. The van der Waals surface area contributed by atoms with Crippen molar-refractivity contribution in [2.24, 2.45) is 5.73 Å². The topological polar surface area (TPSA) is 82.3 Å². The fourth-order valence-corrected chi connectivity index (χ4v) is 1.14. The number of aromatic nitrogens is 1. The van der Waals surface area contributed by atoms with E-state index in [1.165, 1.54) is 19.4 Å². The molecule has 1 rings (SSSR count). The summed E-state index contributed by atoms with van der Waals surface area (Å²) in [5.41, 5.74) is 5.51. The molecule has 0 unspecified atom stereocenters.